The Labute approximate surface area is 93.0 Å². The maximum absolute atomic E-state index is 5.96. The molecule has 0 saturated heterocycles. The Hall–Kier alpha value is -0.580. The Morgan fingerprint density at radius 2 is 2.07 bits per heavy atom. The van der Waals surface area contributed by atoms with Crippen LogP contribution in [0.4, 0.5) is 0 Å². The van der Waals surface area contributed by atoms with Crippen LogP contribution >= 0.6 is 15.9 Å². The number of halogens is 1. The van der Waals surface area contributed by atoms with Crippen LogP contribution in [0.5, 0.6) is 5.75 Å². The molecule has 78 valence electrons. The number of hydrogen-bond donors (Lipinski definition) is 1. The Morgan fingerprint density at radius 1 is 1.43 bits per heavy atom. The van der Waals surface area contributed by atoms with Gasteiger partial charge in [-0.3, -0.25) is 4.90 Å². The summed E-state index contributed by atoms with van der Waals surface area (Å²) in [7, 11) is 5.54. The molecule has 1 rings (SSSR count). The van der Waals surface area contributed by atoms with E-state index in [4.69, 9.17) is 10.5 Å². The summed E-state index contributed by atoms with van der Waals surface area (Å²) in [5.74, 6) is 0.819. The van der Waals surface area contributed by atoms with Gasteiger partial charge in [-0.05, 0) is 47.7 Å². The predicted octanol–water partition coefficient (Wildman–Crippen LogP) is 1.98. The van der Waals surface area contributed by atoms with Crippen LogP contribution in [0.3, 0.4) is 0 Å². The fourth-order valence-corrected chi connectivity index (χ4v) is 1.72. The average molecular weight is 259 g/mol. The summed E-state index contributed by atoms with van der Waals surface area (Å²) in [5.41, 5.74) is 7.02. The molecule has 0 spiro atoms. The third-order valence-electron chi connectivity index (χ3n) is 2.07. The van der Waals surface area contributed by atoms with E-state index in [2.05, 4.69) is 15.9 Å². The van der Waals surface area contributed by atoms with Crippen LogP contribution in [0.2, 0.25) is 0 Å². The molecule has 0 aliphatic carbocycles. The third-order valence-corrected chi connectivity index (χ3v) is 2.69. The van der Waals surface area contributed by atoms with Gasteiger partial charge >= 0.3 is 0 Å². The van der Waals surface area contributed by atoms with Gasteiger partial charge in [0.25, 0.3) is 0 Å². The summed E-state index contributed by atoms with van der Waals surface area (Å²) in [6.07, 6.45) is -0.0859. The van der Waals surface area contributed by atoms with Gasteiger partial charge in [0.15, 0.2) is 0 Å². The van der Waals surface area contributed by atoms with Crippen LogP contribution < -0.4 is 10.5 Å². The summed E-state index contributed by atoms with van der Waals surface area (Å²) in [6, 6.07) is 5.85. The first kappa shape index (κ1) is 11.5. The number of ether oxygens (including phenoxy) is 1. The van der Waals surface area contributed by atoms with E-state index in [1.54, 1.807) is 7.11 Å². The SMILES string of the molecule is COc1ccc(C(N)N(C)C)cc1Br. The summed E-state index contributed by atoms with van der Waals surface area (Å²) in [5, 5.41) is 0. The Balaban J connectivity index is 2.96. The topological polar surface area (TPSA) is 38.5 Å². The highest BCUT2D eigenvalue weighted by Crippen LogP contribution is 2.27. The molecule has 0 fully saturated rings. The molecular weight excluding hydrogens is 244 g/mol. The quantitative estimate of drug-likeness (QED) is 0.843. The lowest BCUT2D eigenvalue weighted by Crippen LogP contribution is -2.27. The number of hydrogen-bond acceptors (Lipinski definition) is 3. The van der Waals surface area contributed by atoms with E-state index >= 15 is 0 Å². The van der Waals surface area contributed by atoms with Crippen LogP contribution in [-0.2, 0) is 0 Å². The van der Waals surface area contributed by atoms with Gasteiger partial charge in [0.05, 0.1) is 17.7 Å². The van der Waals surface area contributed by atoms with Gasteiger partial charge < -0.3 is 10.5 Å². The number of nitrogens with zero attached hydrogens (tertiary/aromatic N) is 1. The smallest absolute Gasteiger partial charge is 0.133 e. The van der Waals surface area contributed by atoms with Crippen LogP contribution in [0.25, 0.3) is 0 Å². The summed E-state index contributed by atoms with van der Waals surface area (Å²) in [6.45, 7) is 0. The van der Waals surface area contributed by atoms with E-state index in [0.29, 0.717) is 0 Å². The molecule has 1 atom stereocenters. The van der Waals surface area contributed by atoms with E-state index in [-0.39, 0.29) is 6.17 Å². The van der Waals surface area contributed by atoms with Crippen molar-refractivity contribution in [2.45, 2.75) is 6.17 Å². The number of rotatable bonds is 3. The van der Waals surface area contributed by atoms with Crippen molar-refractivity contribution < 1.29 is 4.74 Å². The van der Waals surface area contributed by atoms with Crippen LogP contribution in [0.15, 0.2) is 22.7 Å². The first-order valence-electron chi connectivity index (χ1n) is 4.31. The van der Waals surface area contributed by atoms with Gasteiger partial charge in [0.1, 0.15) is 5.75 Å². The highest BCUT2D eigenvalue weighted by Gasteiger charge is 2.09. The first-order chi connectivity index (χ1) is 6.56. The van der Waals surface area contributed by atoms with Crippen molar-refractivity contribution in [1.29, 1.82) is 0 Å². The fourth-order valence-electron chi connectivity index (χ4n) is 1.16. The number of nitrogens with two attached hydrogens (primary N) is 1. The number of methoxy groups -OCH3 is 1. The van der Waals surface area contributed by atoms with E-state index in [1.165, 1.54) is 0 Å². The van der Waals surface area contributed by atoms with Crippen LogP contribution in [0, 0.1) is 0 Å². The summed E-state index contributed by atoms with van der Waals surface area (Å²) in [4.78, 5) is 1.95. The zero-order chi connectivity index (χ0) is 10.7. The average Bonchev–Trinajstić information content (AvgIpc) is 2.16. The third kappa shape index (κ3) is 2.47. The van der Waals surface area contributed by atoms with Gasteiger partial charge in [0.2, 0.25) is 0 Å². The molecule has 0 radical (unpaired) electrons. The monoisotopic (exact) mass is 258 g/mol. The molecule has 4 heteroatoms. The Morgan fingerprint density at radius 3 is 2.50 bits per heavy atom. The van der Waals surface area contributed by atoms with E-state index in [9.17, 15) is 0 Å². The molecule has 1 aromatic carbocycles. The minimum absolute atomic E-state index is 0.0859. The second kappa shape index (κ2) is 4.77. The van der Waals surface area contributed by atoms with E-state index in [0.717, 1.165) is 15.8 Å². The molecule has 2 N–H and O–H groups in total. The molecule has 0 aliphatic rings. The van der Waals surface area contributed by atoms with Crippen molar-refractivity contribution in [2.24, 2.45) is 5.73 Å². The molecule has 0 heterocycles. The molecule has 14 heavy (non-hydrogen) atoms. The lowest BCUT2D eigenvalue weighted by Gasteiger charge is -2.20. The fraction of sp³-hybridized carbons (Fsp3) is 0.400. The number of benzene rings is 1. The lowest BCUT2D eigenvalue weighted by molar-refractivity contribution is 0.307. The normalized spacial score (nSPS) is 13.0. The summed E-state index contributed by atoms with van der Waals surface area (Å²) < 4.78 is 6.06. The van der Waals surface area contributed by atoms with Crippen molar-refractivity contribution in [3.05, 3.63) is 28.2 Å². The van der Waals surface area contributed by atoms with Gasteiger partial charge in [-0.25, -0.2) is 0 Å². The highest BCUT2D eigenvalue weighted by molar-refractivity contribution is 9.10. The van der Waals surface area contributed by atoms with Crippen LogP contribution in [0.1, 0.15) is 11.7 Å². The zero-order valence-corrected chi connectivity index (χ0v) is 10.2. The van der Waals surface area contributed by atoms with E-state index in [1.807, 2.05) is 37.2 Å². The summed E-state index contributed by atoms with van der Waals surface area (Å²) >= 11 is 3.43. The van der Waals surface area contributed by atoms with Crippen LogP contribution in [-0.4, -0.2) is 26.1 Å². The van der Waals surface area contributed by atoms with E-state index < -0.39 is 0 Å². The molecule has 0 amide bonds. The Bertz CT molecular complexity index is 315. The maximum atomic E-state index is 5.96. The zero-order valence-electron chi connectivity index (χ0n) is 8.62. The van der Waals surface area contributed by atoms with Gasteiger partial charge in [-0.1, -0.05) is 6.07 Å². The van der Waals surface area contributed by atoms with Gasteiger partial charge in [-0.15, -0.1) is 0 Å². The van der Waals surface area contributed by atoms with Crippen molar-refractivity contribution in [1.82, 2.24) is 4.90 Å². The molecule has 0 aliphatic heterocycles. The van der Waals surface area contributed by atoms with Crippen molar-refractivity contribution in [3.63, 3.8) is 0 Å². The second-order valence-electron chi connectivity index (χ2n) is 3.30. The van der Waals surface area contributed by atoms with Gasteiger partial charge in [0, 0.05) is 0 Å². The van der Waals surface area contributed by atoms with Crippen molar-refractivity contribution >= 4 is 15.9 Å². The first-order valence-corrected chi connectivity index (χ1v) is 5.11. The molecular formula is C10H15BrN2O. The molecule has 1 aromatic rings. The molecule has 1 unspecified atom stereocenters. The van der Waals surface area contributed by atoms with Gasteiger partial charge in [-0.2, -0.15) is 0 Å². The largest absolute Gasteiger partial charge is 0.496 e. The molecule has 3 nitrogen and oxygen atoms in total. The van der Waals surface area contributed by atoms with Crippen molar-refractivity contribution in [3.8, 4) is 5.75 Å². The second-order valence-corrected chi connectivity index (χ2v) is 4.16. The van der Waals surface area contributed by atoms with Crippen molar-refractivity contribution in [2.75, 3.05) is 21.2 Å². The minimum atomic E-state index is -0.0859. The standard InChI is InChI=1S/C10H15BrN2O/c1-13(2)10(12)7-4-5-9(14-3)8(11)6-7/h4-6,10H,12H2,1-3H3. The minimum Gasteiger partial charge on any atom is -0.496 e. The highest BCUT2D eigenvalue weighted by atomic mass is 79.9. The molecule has 0 aromatic heterocycles. The maximum Gasteiger partial charge on any atom is 0.133 e. The Kier molecular flexibility index (Phi) is 3.92. The molecule has 0 saturated carbocycles. The molecule has 0 bridgehead atoms. The lowest BCUT2D eigenvalue weighted by atomic mass is 10.1. The predicted molar refractivity (Wildman–Crippen MR) is 61.3 cm³/mol.